The summed E-state index contributed by atoms with van der Waals surface area (Å²) in [5.74, 6) is -0.524. The highest BCUT2D eigenvalue weighted by atomic mass is 32.1. The van der Waals surface area contributed by atoms with E-state index in [1.807, 2.05) is 18.2 Å². The number of rotatable bonds is 2. The number of anilines is 1. The Bertz CT molecular complexity index is 953. The Morgan fingerprint density at radius 1 is 1.21 bits per heavy atom. The van der Waals surface area contributed by atoms with E-state index < -0.39 is 5.91 Å². The van der Waals surface area contributed by atoms with E-state index in [9.17, 15) is 9.59 Å². The van der Waals surface area contributed by atoms with Crippen LogP contribution in [0.25, 0.3) is 11.0 Å². The van der Waals surface area contributed by atoms with E-state index in [1.165, 1.54) is 17.5 Å². The Morgan fingerprint density at radius 3 is 2.92 bits per heavy atom. The maximum atomic E-state index is 12.4. The van der Waals surface area contributed by atoms with Gasteiger partial charge in [0.1, 0.15) is 10.6 Å². The van der Waals surface area contributed by atoms with Crippen molar-refractivity contribution in [3.8, 4) is 0 Å². The Morgan fingerprint density at radius 2 is 2.04 bits per heavy atom. The van der Waals surface area contributed by atoms with Crippen molar-refractivity contribution in [1.29, 1.82) is 0 Å². The predicted molar refractivity (Wildman–Crippen MR) is 90.3 cm³/mol. The van der Waals surface area contributed by atoms with Crippen LogP contribution in [-0.2, 0) is 6.42 Å². The number of nitrogens with zero attached hydrogens (tertiary/aromatic N) is 3. The van der Waals surface area contributed by atoms with E-state index in [2.05, 4.69) is 25.6 Å². The van der Waals surface area contributed by atoms with Gasteiger partial charge in [-0.3, -0.25) is 19.9 Å². The van der Waals surface area contributed by atoms with Crippen LogP contribution in [0.2, 0.25) is 0 Å². The zero-order valence-corrected chi connectivity index (χ0v) is 13.4. The third kappa shape index (κ3) is 2.71. The zero-order chi connectivity index (χ0) is 16.5. The molecular weight excluding hydrogens is 326 g/mol. The first-order valence-corrected chi connectivity index (χ1v) is 8.33. The molecule has 2 N–H and O–H groups in total. The number of amides is 2. The summed E-state index contributed by atoms with van der Waals surface area (Å²) in [5, 5.41) is 5.92. The minimum absolute atomic E-state index is 0.133. The van der Waals surface area contributed by atoms with Crippen LogP contribution in [-0.4, -0.2) is 33.3 Å². The molecule has 3 heterocycles. The molecule has 7 nitrogen and oxygen atoms in total. The molecule has 3 aromatic rings. The molecule has 8 heteroatoms. The Kier molecular flexibility index (Phi) is 3.66. The molecule has 0 atom stereocenters. The number of nitrogens with one attached hydrogen (secondary N) is 2. The molecule has 2 aromatic heterocycles. The maximum Gasteiger partial charge on any atom is 0.277 e. The molecule has 0 unspecified atom stereocenters. The van der Waals surface area contributed by atoms with Gasteiger partial charge in [0.2, 0.25) is 0 Å². The van der Waals surface area contributed by atoms with Crippen molar-refractivity contribution in [2.75, 3.05) is 11.9 Å². The van der Waals surface area contributed by atoms with Crippen molar-refractivity contribution in [2.24, 2.45) is 0 Å². The fourth-order valence-corrected chi connectivity index (χ4v) is 3.44. The molecule has 4 rings (SSSR count). The van der Waals surface area contributed by atoms with Crippen LogP contribution >= 0.6 is 11.3 Å². The highest BCUT2D eigenvalue weighted by Gasteiger charge is 2.21. The Hall–Kier alpha value is -2.87. The number of aryl methyl sites for hydroxylation is 1. The lowest BCUT2D eigenvalue weighted by molar-refractivity contribution is 0.0958. The molecule has 1 aliphatic heterocycles. The summed E-state index contributed by atoms with van der Waals surface area (Å²) < 4.78 is 0. The third-order valence-corrected chi connectivity index (χ3v) is 4.69. The maximum absolute atomic E-state index is 12.4. The number of fused-ring (bicyclic) bond motifs is 2. The first kappa shape index (κ1) is 14.7. The summed E-state index contributed by atoms with van der Waals surface area (Å²) in [4.78, 5) is 37.8. The minimum Gasteiger partial charge on any atom is -0.351 e. The van der Waals surface area contributed by atoms with Crippen LogP contribution in [0.5, 0.6) is 0 Å². The summed E-state index contributed by atoms with van der Waals surface area (Å²) in [6.45, 7) is 0.649. The molecule has 120 valence electrons. The standard InChI is InChI=1S/C16H13N5O2S/c22-14(12-8-18-9-4-1-2-5-10(9)19-12)21-16-20-11-6-3-7-17-15(23)13(11)24-16/h1-2,4-5,8H,3,6-7H2,(H,17,23)(H,20,21,22). The summed E-state index contributed by atoms with van der Waals surface area (Å²) in [5.41, 5.74) is 2.32. The highest BCUT2D eigenvalue weighted by Crippen LogP contribution is 2.25. The fraction of sp³-hybridized carbons (Fsp3) is 0.188. The van der Waals surface area contributed by atoms with Crippen LogP contribution in [0.1, 0.15) is 32.3 Å². The second-order valence-corrected chi connectivity index (χ2v) is 6.35. The smallest absolute Gasteiger partial charge is 0.277 e. The average Bonchev–Trinajstić information content (AvgIpc) is 2.93. The largest absolute Gasteiger partial charge is 0.351 e. The van der Waals surface area contributed by atoms with Crippen LogP contribution in [0.3, 0.4) is 0 Å². The van der Waals surface area contributed by atoms with E-state index >= 15 is 0 Å². The van der Waals surface area contributed by atoms with Gasteiger partial charge in [0.15, 0.2) is 5.13 Å². The summed E-state index contributed by atoms with van der Waals surface area (Å²) in [6.07, 6.45) is 2.99. The predicted octanol–water partition coefficient (Wildman–Crippen LogP) is 2.01. The van der Waals surface area contributed by atoms with Gasteiger partial charge in [-0.05, 0) is 25.0 Å². The van der Waals surface area contributed by atoms with Gasteiger partial charge >= 0.3 is 0 Å². The second-order valence-electron chi connectivity index (χ2n) is 5.35. The summed E-state index contributed by atoms with van der Waals surface area (Å²) >= 11 is 1.18. The molecule has 2 amide bonds. The van der Waals surface area contributed by atoms with Crippen molar-refractivity contribution in [3.05, 3.63) is 46.7 Å². The molecule has 1 aromatic carbocycles. The van der Waals surface area contributed by atoms with Gasteiger partial charge in [-0.1, -0.05) is 23.5 Å². The topological polar surface area (TPSA) is 96.9 Å². The molecule has 0 saturated heterocycles. The molecular formula is C16H13N5O2S. The third-order valence-electron chi connectivity index (χ3n) is 3.68. The number of benzene rings is 1. The first-order chi connectivity index (χ1) is 11.7. The van der Waals surface area contributed by atoms with Crippen molar-refractivity contribution >= 4 is 39.3 Å². The van der Waals surface area contributed by atoms with Gasteiger partial charge in [-0.2, -0.15) is 0 Å². The van der Waals surface area contributed by atoms with E-state index in [4.69, 9.17) is 0 Å². The van der Waals surface area contributed by atoms with Gasteiger partial charge in [0.25, 0.3) is 11.8 Å². The fourth-order valence-electron chi connectivity index (χ4n) is 2.52. The lowest BCUT2D eigenvalue weighted by Crippen LogP contribution is -2.21. The highest BCUT2D eigenvalue weighted by molar-refractivity contribution is 7.17. The molecule has 1 aliphatic rings. The van der Waals surface area contributed by atoms with Crippen molar-refractivity contribution in [1.82, 2.24) is 20.3 Å². The second kappa shape index (κ2) is 5.97. The minimum atomic E-state index is -0.391. The first-order valence-electron chi connectivity index (χ1n) is 7.52. The van der Waals surface area contributed by atoms with Crippen molar-refractivity contribution in [3.63, 3.8) is 0 Å². The van der Waals surface area contributed by atoms with Crippen LogP contribution in [0, 0.1) is 0 Å². The molecule has 0 fully saturated rings. The lowest BCUT2D eigenvalue weighted by Gasteiger charge is -2.02. The van der Waals surface area contributed by atoms with E-state index in [1.54, 1.807) is 6.07 Å². The summed E-state index contributed by atoms with van der Waals surface area (Å²) in [6, 6.07) is 7.34. The number of thiazole rings is 1. The molecule has 0 aliphatic carbocycles. The van der Waals surface area contributed by atoms with Crippen molar-refractivity contribution < 1.29 is 9.59 Å². The van der Waals surface area contributed by atoms with E-state index in [0.717, 1.165) is 24.1 Å². The molecule has 0 spiro atoms. The van der Waals surface area contributed by atoms with Crippen LogP contribution < -0.4 is 10.6 Å². The van der Waals surface area contributed by atoms with E-state index in [0.29, 0.717) is 22.1 Å². The number of carbonyl (C=O) groups excluding carboxylic acids is 2. The number of hydrogen-bond acceptors (Lipinski definition) is 6. The van der Waals surface area contributed by atoms with Crippen molar-refractivity contribution in [2.45, 2.75) is 12.8 Å². The Labute approximate surface area is 141 Å². The number of hydrogen-bond donors (Lipinski definition) is 2. The monoisotopic (exact) mass is 339 g/mol. The number of carbonyl (C=O) groups is 2. The van der Waals surface area contributed by atoms with Crippen LogP contribution in [0.15, 0.2) is 30.5 Å². The molecule has 0 saturated carbocycles. The SMILES string of the molecule is O=C(Nc1nc2c(s1)C(=O)NCCC2)c1cnc2ccccc2n1. The quantitative estimate of drug-likeness (QED) is 0.744. The van der Waals surface area contributed by atoms with Gasteiger partial charge in [-0.25, -0.2) is 9.97 Å². The molecule has 0 radical (unpaired) electrons. The number of aromatic nitrogens is 3. The van der Waals surface area contributed by atoms with Crippen LogP contribution in [0.4, 0.5) is 5.13 Å². The zero-order valence-electron chi connectivity index (χ0n) is 12.6. The van der Waals surface area contributed by atoms with Gasteiger partial charge in [-0.15, -0.1) is 0 Å². The Balaban J connectivity index is 1.59. The lowest BCUT2D eigenvalue weighted by atomic mass is 10.2. The summed E-state index contributed by atoms with van der Waals surface area (Å²) in [7, 11) is 0. The van der Waals surface area contributed by atoms with Gasteiger partial charge in [0.05, 0.1) is 22.9 Å². The molecule has 24 heavy (non-hydrogen) atoms. The van der Waals surface area contributed by atoms with Gasteiger partial charge in [0, 0.05) is 6.54 Å². The van der Waals surface area contributed by atoms with Gasteiger partial charge < -0.3 is 5.32 Å². The molecule has 0 bridgehead atoms. The number of para-hydroxylation sites is 2. The normalized spacial score (nSPS) is 13.9. The average molecular weight is 339 g/mol. The van der Waals surface area contributed by atoms with E-state index in [-0.39, 0.29) is 11.6 Å².